The standard InChI is InChI=1S/C14H27NO2/c1-3-15(12(2)11-14(16)17)10-9-13-7-5-4-6-8-13/h12-13H,3-11H2,1-2H3,(H,16,17). The second-order valence-electron chi connectivity index (χ2n) is 5.37. The number of nitrogens with zero attached hydrogens (tertiary/aromatic N) is 1. The summed E-state index contributed by atoms with van der Waals surface area (Å²) in [5.74, 6) is 0.198. The molecule has 1 unspecified atom stereocenters. The van der Waals surface area contributed by atoms with Crippen molar-refractivity contribution in [1.82, 2.24) is 4.90 Å². The molecule has 100 valence electrons. The first kappa shape index (κ1) is 14.5. The fourth-order valence-electron chi connectivity index (χ4n) is 2.90. The van der Waals surface area contributed by atoms with Crippen molar-refractivity contribution in [3.8, 4) is 0 Å². The first-order valence-corrected chi connectivity index (χ1v) is 7.09. The van der Waals surface area contributed by atoms with Crippen molar-refractivity contribution >= 4 is 5.97 Å². The van der Waals surface area contributed by atoms with E-state index in [1.165, 1.54) is 38.5 Å². The smallest absolute Gasteiger partial charge is 0.304 e. The van der Waals surface area contributed by atoms with Crippen LogP contribution in [0.25, 0.3) is 0 Å². The van der Waals surface area contributed by atoms with Crippen molar-refractivity contribution in [2.45, 2.75) is 64.8 Å². The summed E-state index contributed by atoms with van der Waals surface area (Å²) < 4.78 is 0. The third kappa shape index (κ3) is 5.53. The highest BCUT2D eigenvalue weighted by molar-refractivity contribution is 5.67. The van der Waals surface area contributed by atoms with Gasteiger partial charge in [0, 0.05) is 6.04 Å². The zero-order valence-corrected chi connectivity index (χ0v) is 11.3. The summed E-state index contributed by atoms with van der Waals surface area (Å²) in [4.78, 5) is 13.0. The molecule has 0 aliphatic heterocycles. The van der Waals surface area contributed by atoms with Gasteiger partial charge in [-0.2, -0.15) is 0 Å². The third-order valence-electron chi connectivity index (χ3n) is 4.05. The predicted molar refractivity (Wildman–Crippen MR) is 70.2 cm³/mol. The van der Waals surface area contributed by atoms with Crippen LogP contribution in [0.3, 0.4) is 0 Å². The fraction of sp³-hybridized carbons (Fsp3) is 0.929. The molecular weight excluding hydrogens is 214 g/mol. The van der Waals surface area contributed by atoms with Gasteiger partial charge in [0.2, 0.25) is 0 Å². The Balaban J connectivity index is 2.27. The summed E-state index contributed by atoms with van der Waals surface area (Å²) in [6.07, 6.45) is 8.46. The molecule has 1 rings (SSSR count). The molecule has 0 spiro atoms. The lowest BCUT2D eigenvalue weighted by Crippen LogP contribution is -2.36. The van der Waals surface area contributed by atoms with Gasteiger partial charge >= 0.3 is 5.97 Å². The highest BCUT2D eigenvalue weighted by Crippen LogP contribution is 2.26. The van der Waals surface area contributed by atoms with Crippen LogP contribution in [0.5, 0.6) is 0 Å². The van der Waals surface area contributed by atoms with Crippen molar-refractivity contribution < 1.29 is 9.90 Å². The Morgan fingerprint density at radius 2 is 2.00 bits per heavy atom. The summed E-state index contributed by atoms with van der Waals surface area (Å²) in [6.45, 7) is 6.18. The molecule has 0 radical (unpaired) electrons. The second-order valence-corrected chi connectivity index (χ2v) is 5.37. The molecule has 3 heteroatoms. The highest BCUT2D eigenvalue weighted by Gasteiger charge is 2.18. The first-order chi connectivity index (χ1) is 8.13. The Labute approximate surface area is 105 Å². The van der Waals surface area contributed by atoms with E-state index in [1.807, 2.05) is 6.92 Å². The summed E-state index contributed by atoms with van der Waals surface area (Å²) in [6, 6.07) is 0.168. The molecule has 1 aliphatic carbocycles. The van der Waals surface area contributed by atoms with Gasteiger partial charge in [-0.25, -0.2) is 0 Å². The Bertz CT molecular complexity index is 224. The average molecular weight is 241 g/mol. The van der Waals surface area contributed by atoms with E-state index in [-0.39, 0.29) is 12.5 Å². The van der Waals surface area contributed by atoms with Crippen molar-refractivity contribution in [3.63, 3.8) is 0 Å². The van der Waals surface area contributed by atoms with E-state index in [0.29, 0.717) is 0 Å². The normalized spacial score (nSPS) is 19.5. The molecule has 1 N–H and O–H groups in total. The van der Waals surface area contributed by atoms with Gasteiger partial charge in [0.05, 0.1) is 6.42 Å². The number of rotatable bonds is 7. The van der Waals surface area contributed by atoms with Gasteiger partial charge in [-0.1, -0.05) is 39.0 Å². The largest absolute Gasteiger partial charge is 0.481 e. The second kappa shape index (κ2) is 7.70. The van der Waals surface area contributed by atoms with Gasteiger partial charge in [0.15, 0.2) is 0 Å². The molecule has 0 aromatic rings. The molecule has 0 aromatic heterocycles. The number of hydrogen-bond acceptors (Lipinski definition) is 2. The maximum atomic E-state index is 10.7. The highest BCUT2D eigenvalue weighted by atomic mass is 16.4. The SMILES string of the molecule is CCN(CCC1CCCCC1)C(C)CC(=O)O. The predicted octanol–water partition coefficient (Wildman–Crippen LogP) is 3.14. The zero-order chi connectivity index (χ0) is 12.7. The summed E-state index contributed by atoms with van der Waals surface area (Å²) in [7, 11) is 0. The minimum atomic E-state index is -0.686. The number of hydrogen-bond donors (Lipinski definition) is 1. The molecular formula is C14H27NO2. The lowest BCUT2D eigenvalue weighted by molar-refractivity contribution is -0.138. The lowest BCUT2D eigenvalue weighted by Gasteiger charge is -2.29. The number of carboxylic acids is 1. The average Bonchev–Trinajstić information content (AvgIpc) is 2.30. The van der Waals surface area contributed by atoms with Crippen LogP contribution in [0.1, 0.15) is 58.8 Å². The molecule has 1 aliphatic rings. The number of aliphatic carboxylic acids is 1. The Morgan fingerprint density at radius 3 is 2.53 bits per heavy atom. The van der Waals surface area contributed by atoms with Gasteiger partial charge in [-0.3, -0.25) is 4.79 Å². The monoisotopic (exact) mass is 241 g/mol. The van der Waals surface area contributed by atoms with E-state index < -0.39 is 5.97 Å². The zero-order valence-electron chi connectivity index (χ0n) is 11.3. The van der Waals surface area contributed by atoms with E-state index in [2.05, 4.69) is 11.8 Å². The van der Waals surface area contributed by atoms with Gasteiger partial charge in [-0.15, -0.1) is 0 Å². The van der Waals surface area contributed by atoms with E-state index in [1.54, 1.807) is 0 Å². The van der Waals surface area contributed by atoms with Crippen LogP contribution >= 0.6 is 0 Å². The minimum Gasteiger partial charge on any atom is -0.481 e. The van der Waals surface area contributed by atoms with Crippen LogP contribution in [0, 0.1) is 5.92 Å². The maximum absolute atomic E-state index is 10.7. The summed E-state index contributed by atoms with van der Waals surface area (Å²) in [5.41, 5.74) is 0. The lowest BCUT2D eigenvalue weighted by atomic mass is 9.87. The molecule has 3 nitrogen and oxygen atoms in total. The van der Waals surface area contributed by atoms with E-state index in [4.69, 9.17) is 5.11 Å². The van der Waals surface area contributed by atoms with E-state index >= 15 is 0 Å². The van der Waals surface area contributed by atoms with E-state index in [0.717, 1.165) is 19.0 Å². The molecule has 0 heterocycles. The quantitative estimate of drug-likeness (QED) is 0.744. The van der Waals surface area contributed by atoms with Gasteiger partial charge in [-0.05, 0) is 32.4 Å². The van der Waals surface area contributed by atoms with Crippen LogP contribution in [0.2, 0.25) is 0 Å². The van der Waals surface area contributed by atoms with Gasteiger partial charge < -0.3 is 10.0 Å². The van der Waals surface area contributed by atoms with Crippen LogP contribution in [-0.4, -0.2) is 35.1 Å². The van der Waals surface area contributed by atoms with Crippen molar-refractivity contribution in [3.05, 3.63) is 0 Å². The minimum absolute atomic E-state index is 0.168. The van der Waals surface area contributed by atoms with Gasteiger partial charge in [0.1, 0.15) is 0 Å². The van der Waals surface area contributed by atoms with E-state index in [9.17, 15) is 4.79 Å². The van der Waals surface area contributed by atoms with Crippen LogP contribution in [0.15, 0.2) is 0 Å². The number of carboxylic acid groups (broad SMARTS) is 1. The molecule has 0 bridgehead atoms. The molecule has 0 aromatic carbocycles. The van der Waals surface area contributed by atoms with Crippen LogP contribution in [-0.2, 0) is 4.79 Å². The van der Waals surface area contributed by atoms with Crippen LogP contribution < -0.4 is 0 Å². The molecule has 0 saturated heterocycles. The maximum Gasteiger partial charge on any atom is 0.304 e. The van der Waals surface area contributed by atoms with Gasteiger partial charge in [0.25, 0.3) is 0 Å². The number of carbonyl (C=O) groups is 1. The van der Waals surface area contributed by atoms with Crippen molar-refractivity contribution in [2.24, 2.45) is 5.92 Å². The molecule has 1 fully saturated rings. The van der Waals surface area contributed by atoms with Crippen molar-refractivity contribution in [2.75, 3.05) is 13.1 Å². The summed E-state index contributed by atoms with van der Waals surface area (Å²) >= 11 is 0. The Kier molecular flexibility index (Phi) is 6.56. The Morgan fingerprint density at radius 1 is 1.35 bits per heavy atom. The molecule has 17 heavy (non-hydrogen) atoms. The molecule has 0 amide bonds. The third-order valence-corrected chi connectivity index (χ3v) is 4.05. The molecule has 1 saturated carbocycles. The van der Waals surface area contributed by atoms with Crippen molar-refractivity contribution in [1.29, 1.82) is 0 Å². The topological polar surface area (TPSA) is 40.5 Å². The molecule has 1 atom stereocenters. The Hall–Kier alpha value is -0.570. The van der Waals surface area contributed by atoms with Crippen LogP contribution in [0.4, 0.5) is 0 Å². The fourth-order valence-corrected chi connectivity index (χ4v) is 2.90. The summed E-state index contributed by atoms with van der Waals surface area (Å²) in [5, 5.41) is 8.82. The first-order valence-electron chi connectivity index (χ1n) is 7.09.